The van der Waals surface area contributed by atoms with Crippen molar-refractivity contribution in [3.8, 4) is 0 Å². The van der Waals surface area contributed by atoms with Crippen LogP contribution in [0.25, 0.3) is 5.65 Å². The standard InChI is InChI=1S/C13H18N2/c1-5-10-12(13(2,3)4)15-9-7-6-8-11(15)14-10/h6-9H,5H2,1-4H3. The van der Waals surface area contributed by atoms with Crippen LogP contribution in [0.5, 0.6) is 0 Å². The molecule has 2 nitrogen and oxygen atoms in total. The molecule has 0 saturated carbocycles. The van der Waals surface area contributed by atoms with Crippen molar-refractivity contribution < 1.29 is 0 Å². The third kappa shape index (κ3) is 1.65. The number of aromatic nitrogens is 2. The lowest BCUT2D eigenvalue weighted by molar-refractivity contribution is 0.556. The molecule has 2 heteroatoms. The van der Waals surface area contributed by atoms with Crippen molar-refractivity contribution >= 4 is 5.65 Å². The maximum absolute atomic E-state index is 4.66. The summed E-state index contributed by atoms with van der Waals surface area (Å²) in [5.41, 5.74) is 3.75. The molecule has 0 aromatic carbocycles. The van der Waals surface area contributed by atoms with Crippen LogP contribution in [-0.4, -0.2) is 9.38 Å². The lowest BCUT2D eigenvalue weighted by atomic mass is 9.90. The summed E-state index contributed by atoms with van der Waals surface area (Å²) < 4.78 is 2.21. The van der Waals surface area contributed by atoms with Crippen LogP contribution in [-0.2, 0) is 11.8 Å². The summed E-state index contributed by atoms with van der Waals surface area (Å²) in [4.78, 5) is 4.66. The predicted molar refractivity (Wildman–Crippen MR) is 63.3 cm³/mol. The number of imidazole rings is 1. The van der Waals surface area contributed by atoms with Crippen molar-refractivity contribution in [3.63, 3.8) is 0 Å². The molecule has 0 fully saturated rings. The first-order chi connectivity index (χ1) is 7.04. The minimum atomic E-state index is 0.145. The van der Waals surface area contributed by atoms with Crippen molar-refractivity contribution in [2.45, 2.75) is 39.5 Å². The lowest BCUT2D eigenvalue weighted by Gasteiger charge is -2.19. The Morgan fingerprint density at radius 2 is 2.00 bits per heavy atom. The minimum absolute atomic E-state index is 0.145. The number of pyridine rings is 1. The molecular formula is C13H18N2. The first-order valence-electron chi connectivity index (χ1n) is 5.50. The zero-order valence-electron chi connectivity index (χ0n) is 9.91. The van der Waals surface area contributed by atoms with Crippen molar-refractivity contribution in [1.29, 1.82) is 0 Å². The molecule has 2 rings (SSSR count). The average Bonchev–Trinajstić information content (AvgIpc) is 2.54. The number of fused-ring (bicyclic) bond motifs is 1. The topological polar surface area (TPSA) is 17.3 Å². The Morgan fingerprint density at radius 3 is 2.60 bits per heavy atom. The second-order valence-electron chi connectivity index (χ2n) is 4.94. The molecule has 0 radical (unpaired) electrons. The van der Waals surface area contributed by atoms with E-state index >= 15 is 0 Å². The van der Waals surface area contributed by atoms with E-state index in [1.54, 1.807) is 0 Å². The van der Waals surface area contributed by atoms with Gasteiger partial charge in [0.05, 0.1) is 11.4 Å². The number of aryl methyl sites for hydroxylation is 1. The van der Waals surface area contributed by atoms with E-state index in [1.165, 1.54) is 11.4 Å². The van der Waals surface area contributed by atoms with Gasteiger partial charge in [0.2, 0.25) is 0 Å². The fraction of sp³-hybridized carbons (Fsp3) is 0.462. The van der Waals surface area contributed by atoms with E-state index in [9.17, 15) is 0 Å². The summed E-state index contributed by atoms with van der Waals surface area (Å²) in [6.45, 7) is 8.88. The summed E-state index contributed by atoms with van der Waals surface area (Å²) in [5, 5.41) is 0. The van der Waals surface area contributed by atoms with Gasteiger partial charge in [-0.2, -0.15) is 0 Å². The molecule has 0 atom stereocenters. The van der Waals surface area contributed by atoms with Gasteiger partial charge >= 0.3 is 0 Å². The zero-order chi connectivity index (χ0) is 11.1. The maximum atomic E-state index is 4.66. The number of nitrogens with zero attached hydrogens (tertiary/aromatic N) is 2. The van der Waals surface area contributed by atoms with Crippen LogP contribution in [0.3, 0.4) is 0 Å². The normalized spacial score (nSPS) is 12.3. The third-order valence-electron chi connectivity index (χ3n) is 2.65. The van der Waals surface area contributed by atoms with Crippen LogP contribution in [0, 0.1) is 0 Å². The Bertz CT molecular complexity index is 475. The summed E-state index contributed by atoms with van der Waals surface area (Å²) in [7, 11) is 0. The van der Waals surface area contributed by atoms with E-state index in [2.05, 4.69) is 55.4 Å². The molecule has 0 unspecified atom stereocenters. The molecule has 0 aliphatic heterocycles. The van der Waals surface area contributed by atoms with Gasteiger partial charge in [0, 0.05) is 11.6 Å². The van der Waals surface area contributed by atoms with Gasteiger partial charge in [0.15, 0.2) is 0 Å². The monoisotopic (exact) mass is 202 g/mol. The second kappa shape index (κ2) is 3.37. The number of hydrogen-bond donors (Lipinski definition) is 0. The summed E-state index contributed by atoms with van der Waals surface area (Å²) >= 11 is 0. The Kier molecular flexibility index (Phi) is 2.29. The molecule has 0 saturated heterocycles. The van der Waals surface area contributed by atoms with Crippen LogP contribution < -0.4 is 0 Å². The van der Waals surface area contributed by atoms with Crippen LogP contribution >= 0.6 is 0 Å². The Hall–Kier alpha value is -1.31. The quantitative estimate of drug-likeness (QED) is 0.694. The van der Waals surface area contributed by atoms with Crippen LogP contribution in [0.1, 0.15) is 39.1 Å². The summed E-state index contributed by atoms with van der Waals surface area (Å²) in [6.07, 6.45) is 3.09. The highest BCUT2D eigenvalue weighted by Crippen LogP contribution is 2.27. The SMILES string of the molecule is CCc1nc2ccccn2c1C(C)(C)C. The summed E-state index contributed by atoms with van der Waals surface area (Å²) in [5.74, 6) is 0. The van der Waals surface area contributed by atoms with E-state index in [4.69, 9.17) is 0 Å². The molecule has 0 N–H and O–H groups in total. The van der Waals surface area contributed by atoms with E-state index in [0.717, 1.165) is 12.1 Å². The predicted octanol–water partition coefficient (Wildman–Crippen LogP) is 3.19. The molecule has 0 aliphatic carbocycles. The largest absolute Gasteiger partial charge is 0.303 e. The van der Waals surface area contributed by atoms with Gasteiger partial charge in [0.25, 0.3) is 0 Å². The van der Waals surface area contributed by atoms with Gasteiger partial charge in [-0.05, 0) is 18.6 Å². The summed E-state index contributed by atoms with van der Waals surface area (Å²) in [6, 6.07) is 6.16. The number of rotatable bonds is 1. The second-order valence-corrected chi connectivity index (χ2v) is 4.94. The first-order valence-corrected chi connectivity index (χ1v) is 5.50. The minimum Gasteiger partial charge on any atom is -0.303 e. The molecule has 80 valence electrons. The van der Waals surface area contributed by atoms with Gasteiger partial charge in [0.1, 0.15) is 5.65 Å². The van der Waals surface area contributed by atoms with Crippen molar-refractivity contribution in [2.75, 3.05) is 0 Å². The third-order valence-corrected chi connectivity index (χ3v) is 2.65. The molecular weight excluding hydrogens is 184 g/mol. The van der Waals surface area contributed by atoms with Gasteiger partial charge in [-0.15, -0.1) is 0 Å². The van der Waals surface area contributed by atoms with Gasteiger partial charge in [-0.25, -0.2) is 4.98 Å². The average molecular weight is 202 g/mol. The van der Waals surface area contributed by atoms with Gasteiger partial charge < -0.3 is 4.40 Å². The zero-order valence-corrected chi connectivity index (χ0v) is 9.91. The highest BCUT2D eigenvalue weighted by atomic mass is 15.0. The molecule has 0 bridgehead atoms. The van der Waals surface area contributed by atoms with Crippen LogP contribution in [0.4, 0.5) is 0 Å². The molecule has 0 aliphatic rings. The fourth-order valence-corrected chi connectivity index (χ4v) is 2.09. The number of hydrogen-bond acceptors (Lipinski definition) is 1. The highest BCUT2D eigenvalue weighted by molar-refractivity contribution is 5.45. The van der Waals surface area contributed by atoms with Gasteiger partial charge in [-0.1, -0.05) is 33.8 Å². The van der Waals surface area contributed by atoms with Crippen molar-refractivity contribution in [2.24, 2.45) is 0 Å². The van der Waals surface area contributed by atoms with Gasteiger partial charge in [-0.3, -0.25) is 0 Å². The van der Waals surface area contributed by atoms with E-state index < -0.39 is 0 Å². The lowest BCUT2D eigenvalue weighted by Crippen LogP contribution is -2.16. The molecule has 0 spiro atoms. The molecule has 2 aromatic heterocycles. The molecule has 0 amide bonds. The fourth-order valence-electron chi connectivity index (χ4n) is 2.09. The Balaban J connectivity index is 2.79. The Labute approximate surface area is 91.0 Å². The highest BCUT2D eigenvalue weighted by Gasteiger charge is 2.22. The first kappa shape index (κ1) is 10.2. The van der Waals surface area contributed by atoms with E-state index in [0.29, 0.717) is 0 Å². The van der Waals surface area contributed by atoms with E-state index in [-0.39, 0.29) is 5.41 Å². The maximum Gasteiger partial charge on any atom is 0.137 e. The smallest absolute Gasteiger partial charge is 0.137 e. The molecule has 2 heterocycles. The van der Waals surface area contributed by atoms with Crippen LogP contribution in [0.2, 0.25) is 0 Å². The van der Waals surface area contributed by atoms with E-state index in [1.807, 2.05) is 6.07 Å². The molecule has 15 heavy (non-hydrogen) atoms. The van der Waals surface area contributed by atoms with Crippen molar-refractivity contribution in [1.82, 2.24) is 9.38 Å². The van der Waals surface area contributed by atoms with Crippen molar-refractivity contribution in [3.05, 3.63) is 35.8 Å². The van der Waals surface area contributed by atoms with Crippen LogP contribution in [0.15, 0.2) is 24.4 Å². The Morgan fingerprint density at radius 1 is 1.27 bits per heavy atom. The molecule has 2 aromatic rings.